The van der Waals surface area contributed by atoms with E-state index in [4.69, 9.17) is 5.73 Å². The van der Waals surface area contributed by atoms with Gasteiger partial charge in [-0.2, -0.15) is 5.26 Å². The van der Waals surface area contributed by atoms with Crippen molar-refractivity contribution in [3.05, 3.63) is 36.0 Å². The molecule has 1 aromatic heterocycles. The fourth-order valence-corrected chi connectivity index (χ4v) is 3.30. The molecule has 0 radical (unpaired) electrons. The standard InChI is InChI=1S/C17H20N4/c1-12(19)16-8-4-5-9-21(16)17-13(10-18)11-20-15-7-3-2-6-14(15)17/h2-3,6-7,11-12,16H,4-5,8-9,19H2,1H3. The van der Waals surface area contributed by atoms with Crippen LogP contribution in [-0.4, -0.2) is 23.6 Å². The number of rotatable bonds is 2. The van der Waals surface area contributed by atoms with Crippen LogP contribution in [0.2, 0.25) is 0 Å². The third kappa shape index (κ3) is 2.45. The lowest BCUT2D eigenvalue weighted by molar-refractivity contribution is 0.414. The number of nitrogens with zero attached hydrogens (tertiary/aromatic N) is 3. The number of para-hydroxylation sites is 1. The molecule has 1 fully saturated rings. The number of nitriles is 1. The Hall–Kier alpha value is -2.12. The topological polar surface area (TPSA) is 65.9 Å². The van der Waals surface area contributed by atoms with Crippen molar-refractivity contribution in [1.82, 2.24) is 4.98 Å². The Morgan fingerprint density at radius 1 is 1.38 bits per heavy atom. The van der Waals surface area contributed by atoms with Crippen LogP contribution in [0.1, 0.15) is 31.7 Å². The summed E-state index contributed by atoms with van der Waals surface area (Å²) in [5, 5.41) is 10.5. The predicted molar refractivity (Wildman–Crippen MR) is 85.1 cm³/mol. The Bertz CT molecular complexity index is 687. The molecule has 21 heavy (non-hydrogen) atoms. The van der Waals surface area contributed by atoms with E-state index in [1.165, 1.54) is 6.42 Å². The molecule has 0 spiro atoms. The minimum atomic E-state index is 0.0868. The van der Waals surface area contributed by atoms with Crippen LogP contribution in [0.4, 0.5) is 5.69 Å². The van der Waals surface area contributed by atoms with Crippen molar-refractivity contribution in [2.45, 2.75) is 38.3 Å². The van der Waals surface area contributed by atoms with Crippen LogP contribution in [0, 0.1) is 11.3 Å². The number of nitrogens with two attached hydrogens (primary N) is 1. The van der Waals surface area contributed by atoms with Crippen LogP contribution in [-0.2, 0) is 0 Å². The van der Waals surface area contributed by atoms with E-state index in [0.29, 0.717) is 5.56 Å². The van der Waals surface area contributed by atoms with Gasteiger partial charge in [0.2, 0.25) is 0 Å². The Balaban J connectivity index is 2.19. The minimum absolute atomic E-state index is 0.0868. The number of pyridine rings is 1. The van der Waals surface area contributed by atoms with Gasteiger partial charge in [-0.15, -0.1) is 0 Å². The zero-order chi connectivity index (χ0) is 14.8. The van der Waals surface area contributed by atoms with E-state index >= 15 is 0 Å². The lowest BCUT2D eigenvalue weighted by Gasteiger charge is -2.40. The molecule has 1 aliphatic rings. The second-order valence-corrected chi connectivity index (χ2v) is 5.77. The largest absolute Gasteiger partial charge is 0.365 e. The Morgan fingerprint density at radius 2 is 2.19 bits per heavy atom. The summed E-state index contributed by atoms with van der Waals surface area (Å²) in [6.45, 7) is 3.01. The first-order chi connectivity index (χ1) is 10.2. The van der Waals surface area contributed by atoms with Crippen molar-refractivity contribution >= 4 is 16.6 Å². The highest BCUT2D eigenvalue weighted by molar-refractivity contribution is 5.94. The molecule has 1 aliphatic heterocycles. The summed E-state index contributed by atoms with van der Waals surface area (Å²) in [4.78, 5) is 6.73. The summed E-state index contributed by atoms with van der Waals surface area (Å²) in [6, 6.07) is 10.7. The minimum Gasteiger partial charge on any atom is -0.365 e. The van der Waals surface area contributed by atoms with Gasteiger partial charge in [0.25, 0.3) is 0 Å². The molecule has 0 saturated carbocycles. The molecule has 2 N–H and O–H groups in total. The van der Waals surface area contributed by atoms with Gasteiger partial charge < -0.3 is 10.6 Å². The molecule has 2 atom stereocenters. The molecule has 2 unspecified atom stereocenters. The summed E-state index contributed by atoms with van der Waals surface area (Å²) < 4.78 is 0. The Labute approximate surface area is 125 Å². The molecule has 4 heteroatoms. The predicted octanol–water partition coefficient (Wildman–Crippen LogP) is 2.81. The van der Waals surface area contributed by atoms with Crippen LogP contribution in [0.15, 0.2) is 30.5 Å². The van der Waals surface area contributed by atoms with Crippen molar-refractivity contribution in [2.75, 3.05) is 11.4 Å². The van der Waals surface area contributed by atoms with Gasteiger partial charge in [-0.1, -0.05) is 18.2 Å². The van der Waals surface area contributed by atoms with E-state index < -0.39 is 0 Å². The lowest BCUT2D eigenvalue weighted by atomic mass is 9.94. The van der Waals surface area contributed by atoms with E-state index in [0.717, 1.165) is 36.0 Å². The average molecular weight is 280 g/mol. The van der Waals surface area contributed by atoms with Crippen molar-refractivity contribution in [2.24, 2.45) is 5.73 Å². The van der Waals surface area contributed by atoms with E-state index in [9.17, 15) is 5.26 Å². The van der Waals surface area contributed by atoms with E-state index in [-0.39, 0.29) is 12.1 Å². The molecule has 2 heterocycles. The number of anilines is 1. The molecule has 1 saturated heterocycles. The maximum absolute atomic E-state index is 9.49. The zero-order valence-corrected chi connectivity index (χ0v) is 12.3. The van der Waals surface area contributed by atoms with Gasteiger partial charge in [0, 0.05) is 30.2 Å². The number of aromatic nitrogens is 1. The first-order valence-electron chi connectivity index (χ1n) is 7.52. The third-order valence-corrected chi connectivity index (χ3v) is 4.31. The summed E-state index contributed by atoms with van der Waals surface area (Å²) >= 11 is 0. The smallest absolute Gasteiger partial charge is 0.103 e. The van der Waals surface area contributed by atoms with Gasteiger partial charge in [0.05, 0.1) is 16.8 Å². The molecule has 3 rings (SSSR count). The molecule has 0 aliphatic carbocycles. The Kier molecular flexibility index (Phi) is 3.76. The van der Waals surface area contributed by atoms with Crippen molar-refractivity contribution in [3.8, 4) is 6.07 Å². The van der Waals surface area contributed by atoms with Crippen molar-refractivity contribution in [3.63, 3.8) is 0 Å². The summed E-state index contributed by atoms with van der Waals surface area (Å²) in [6.07, 6.45) is 5.11. The Morgan fingerprint density at radius 3 is 2.95 bits per heavy atom. The van der Waals surface area contributed by atoms with E-state index in [1.54, 1.807) is 6.20 Å². The molecule has 0 amide bonds. The first kappa shape index (κ1) is 13.8. The molecule has 4 nitrogen and oxygen atoms in total. The van der Waals surface area contributed by atoms with Gasteiger partial charge in [0.15, 0.2) is 0 Å². The van der Waals surface area contributed by atoms with Gasteiger partial charge in [-0.25, -0.2) is 0 Å². The number of fused-ring (bicyclic) bond motifs is 1. The van der Waals surface area contributed by atoms with Crippen molar-refractivity contribution in [1.29, 1.82) is 5.26 Å². The molecule has 1 aromatic carbocycles. The van der Waals surface area contributed by atoms with Gasteiger partial charge in [-0.3, -0.25) is 4.98 Å². The van der Waals surface area contributed by atoms with Crippen LogP contribution < -0.4 is 10.6 Å². The van der Waals surface area contributed by atoms with E-state index in [2.05, 4.69) is 22.9 Å². The summed E-state index contributed by atoms with van der Waals surface area (Å²) in [7, 11) is 0. The highest BCUT2D eigenvalue weighted by atomic mass is 15.2. The second kappa shape index (κ2) is 5.71. The average Bonchev–Trinajstić information content (AvgIpc) is 2.53. The molecular weight excluding hydrogens is 260 g/mol. The normalized spacial score (nSPS) is 20.2. The molecular formula is C17H20N4. The highest BCUT2D eigenvalue weighted by Crippen LogP contribution is 2.34. The monoisotopic (exact) mass is 280 g/mol. The number of hydrogen-bond donors (Lipinski definition) is 1. The van der Waals surface area contributed by atoms with Crippen molar-refractivity contribution < 1.29 is 0 Å². The van der Waals surface area contributed by atoms with Crippen LogP contribution in [0.5, 0.6) is 0 Å². The van der Waals surface area contributed by atoms with E-state index in [1.807, 2.05) is 24.3 Å². The lowest BCUT2D eigenvalue weighted by Crippen LogP contribution is -2.49. The summed E-state index contributed by atoms with van der Waals surface area (Å²) in [5.74, 6) is 0. The fourth-order valence-electron chi connectivity index (χ4n) is 3.30. The van der Waals surface area contributed by atoms with Gasteiger partial charge >= 0.3 is 0 Å². The highest BCUT2D eigenvalue weighted by Gasteiger charge is 2.28. The number of hydrogen-bond acceptors (Lipinski definition) is 4. The maximum Gasteiger partial charge on any atom is 0.103 e. The number of benzene rings is 1. The maximum atomic E-state index is 9.49. The van der Waals surface area contributed by atoms with Crippen LogP contribution in [0.25, 0.3) is 10.9 Å². The summed E-state index contributed by atoms with van der Waals surface area (Å²) in [5.41, 5.74) is 8.77. The SMILES string of the molecule is CC(N)C1CCCCN1c1c(C#N)cnc2ccccc12. The van der Waals surface area contributed by atoms with Crippen LogP contribution >= 0.6 is 0 Å². The van der Waals surface area contributed by atoms with Crippen LogP contribution in [0.3, 0.4) is 0 Å². The van der Waals surface area contributed by atoms with Gasteiger partial charge in [0.1, 0.15) is 6.07 Å². The van der Waals surface area contributed by atoms with Gasteiger partial charge in [-0.05, 0) is 32.3 Å². The molecule has 0 bridgehead atoms. The second-order valence-electron chi connectivity index (χ2n) is 5.77. The zero-order valence-electron chi connectivity index (χ0n) is 12.3. The third-order valence-electron chi connectivity index (χ3n) is 4.31. The molecule has 2 aromatic rings. The quantitative estimate of drug-likeness (QED) is 0.918. The number of piperidine rings is 1. The fraction of sp³-hybridized carbons (Fsp3) is 0.412. The molecule has 108 valence electrons. The first-order valence-corrected chi connectivity index (χ1v) is 7.52.